The van der Waals surface area contributed by atoms with Gasteiger partial charge in [0.05, 0.1) is 19.8 Å². The van der Waals surface area contributed by atoms with Crippen LogP contribution in [0.4, 0.5) is 0 Å². The summed E-state index contributed by atoms with van der Waals surface area (Å²) < 4.78 is 17.1. The van der Waals surface area contributed by atoms with Crippen molar-refractivity contribution in [3.63, 3.8) is 0 Å². The van der Waals surface area contributed by atoms with E-state index in [1.807, 2.05) is 6.92 Å². The van der Waals surface area contributed by atoms with E-state index in [0.717, 1.165) is 25.7 Å². The van der Waals surface area contributed by atoms with Crippen LogP contribution in [0.2, 0.25) is 0 Å². The molecule has 0 bridgehead atoms. The Kier molecular flexibility index (Phi) is 42.2. The van der Waals surface area contributed by atoms with Crippen LogP contribution in [0.25, 0.3) is 0 Å². The van der Waals surface area contributed by atoms with Crippen LogP contribution in [0.1, 0.15) is 53.4 Å². The van der Waals surface area contributed by atoms with Crippen molar-refractivity contribution in [2.75, 3.05) is 19.8 Å². The third-order valence-corrected chi connectivity index (χ3v) is 2.01. The fourth-order valence-corrected chi connectivity index (χ4v) is 1.20. The molecule has 0 radical (unpaired) electrons. The maximum atomic E-state index is 5.69. The zero-order chi connectivity index (χ0) is 11.6. The zero-order valence-electron chi connectivity index (χ0n) is 12.7. The van der Waals surface area contributed by atoms with Gasteiger partial charge >= 0.3 is 0 Å². The van der Waals surface area contributed by atoms with Crippen molar-refractivity contribution in [3.05, 3.63) is 0 Å². The molecule has 0 atom stereocenters. The Labute approximate surface area is 195 Å². The van der Waals surface area contributed by atoms with Crippen molar-refractivity contribution in [1.29, 1.82) is 0 Å². The summed E-state index contributed by atoms with van der Waals surface area (Å²) in [6.07, 6.45) is 3.67. The van der Waals surface area contributed by atoms with Gasteiger partial charge in [0.25, 0.3) is 5.97 Å². The van der Waals surface area contributed by atoms with E-state index in [-0.39, 0.29) is 105 Å². The molecule has 0 aromatic rings. The van der Waals surface area contributed by atoms with Gasteiger partial charge in [-0.2, -0.15) is 0 Å². The van der Waals surface area contributed by atoms with Gasteiger partial charge in [0.1, 0.15) is 0 Å². The summed E-state index contributed by atoms with van der Waals surface area (Å²) >= 11 is 0. The van der Waals surface area contributed by atoms with Gasteiger partial charge in [-0.3, -0.25) is 0 Å². The molecule has 0 amide bonds. The van der Waals surface area contributed by atoms with Gasteiger partial charge < -0.3 is 14.2 Å². The second kappa shape index (κ2) is 23.7. The van der Waals surface area contributed by atoms with Crippen LogP contribution < -0.4 is 0 Å². The molecule has 108 valence electrons. The molecule has 7 heteroatoms. The monoisotopic (exact) mass is 578 g/mol. The summed E-state index contributed by atoms with van der Waals surface area (Å²) in [7, 11) is 0. The van der Waals surface area contributed by atoms with Crippen molar-refractivity contribution in [2.45, 2.75) is 59.4 Å². The minimum atomic E-state index is -0.804. The predicted octanol–water partition coefficient (Wildman–Crippen LogP) is 3.32. The van der Waals surface area contributed by atoms with Crippen LogP contribution in [0.5, 0.6) is 0 Å². The van der Waals surface area contributed by atoms with E-state index in [9.17, 15) is 0 Å². The molecule has 0 rings (SSSR count). The number of ether oxygens (including phenoxy) is 3. The molecule has 0 aliphatic rings. The molecule has 0 aliphatic carbocycles. The van der Waals surface area contributed by atoms with Crippen molar-refractivity contribution >= 4 is 0 Å². The molecule has 0 unspecified atom stereocenters. The Morgan fingerprint density at radius 1 is 0.579 bits per heavy atom. The predicted molar refractivity (Wildman–Crippen MR) is 61.8 cm³/mol. The summed E-state index contributed by atoms with van der Waals surface area (Å²) in [5.74, 6) is -0.804. The first-order valence-electron chi connectivity index (χ1n) is 6.16. The van der Waals surface area contributed by atoms with E-state index in [4.69, 9.17) is 14.2 Å². The molecule has 0 aliphatic heterocycles. The Bertz CT molecular complexity index is 129. The number of hydrogen-bond donors (Lipinski definition) is 0. The molecular weight excluding hydrogens is 557 g/mol. The number of hydrogen-bond acceptors (Lipinski definition) is 3. The molecule has 0 N–H and O–H groups in total. The summed E-state index contributed by atoms with van der Waals surface area (Å²) in [6.45, 7) is 10.3. The quantitative estimate of drug-likeness (QED) is 0.370. The van der Waals surface area contributed by atoms with E-state index in [1.54, 1.807) is 0 Å². The first-order valence-corrected chi connectivity index (χ1v) is 6.16. The summed E-state index contributed by atoms with van der Waals surface area (Å²) in [4.78, 5) is 0. The van der Waals surface area contributed by atoms with E-state index < -0.39 is 5.97 Å². The molecular formula is C12H26O3Zr4. The molecule has 0 heterocycles. The normalized spacial score (nSPS) is 9.47. The van der Waals surface area contributed by atoms with Gasteiger partial charge in [-0.05, 0) is 19.3 Å². The third-order valence-electron chi connectivity index (χ3n) is 2.01. The first kappa shape index (κ1) is 33.9. The minimum absolute atomic E-state index is 0. The van der Waals surface area contributed by atoms with Crippen LogP contribution in [-0.4, -0.2) is 25.8 Å². The van der Waals surface area contributed by atoms with Crippen molar-refractivity contribution in [3.8, 4) is 0 Å². The maximum Gasteiger partial charge on any atom is 0.282 e. The van der Waals surface area contributed by atoms with E-state index in [2.05, 4.69) is 20.8 Å². The average Bonchev–Trinajstić information content (AvgIpc) is 2.29. The van der Waals surface area contributed by atoms with Crippen LogP contribution in [-0.2, 0) is 119 Å². The Morgan fingerprint density at radius 3 is 1.00 bits per heavy atom. The van der Waals surface area contributed by atoms with Crippen molar-refractivity contribution in [1.82, 2.24) is 0 Å². The van der Waals surface area contributed by atoms with Gasteiger partial charge in [-0.25, -0.2) is 0 Å². The second-order valence-corrected chi connectivity index (χ2v) is 3.58. The van der Waals surface area contributed by atoms with Gasteiger partial charge in [0.2, 0.25) is 0 Å². The largest absolute Gasteiger partial charge is 0.327 e. The zero-order valence-corrected chi connectivity index (χ0v) is 22.5. The molecule has 0 fully saturated rings. The SMILES string of the molecule is CCCOC(CC)(OCCC)OCCC.[Zr].[Zr].[Zr].[Zr]. The minimum Gasteiger partial charge on any atom is -0.327 e. The standard InChI is InChI=1S/C12H26O3.4Zr/c1-5-9-13-12(8-4,14-10-6-2)15-11-7-3;;;;/h5-11H2,1-4H3;;;;. The van der Waals surface area contributed by atoms with Crippen LogP contribution in [0, 0.1) is 0 Å². The Balaban J connectivity index is -0.000000163. The molecule has 3 nitrogen and oxygen atoms in total. The molecule has 0 saturated carbocycles. The molecule has 0 aromatic carbocycles. The van der Waals surface area contributed by atoms with Gasteiger partial charge in [0, 0.05) is 111 Å². The topological polar surface area (TPSA) is 27.7 Å². The fraction of sp³-hybridized carbons (Fsp3) is 1.00. The average molecular weight is 583 g/mol. The van der Waals surface area contributed by atoms with Crippen molar-refractivity contribution in [2.24, 2.45) is 0 Å². The summed E-state index contributed by atoms with van der Waals surface area (Å²) in [5.41, 5.74) is 0. The van der Waals surface area contributed by atoms with Gasteiger partial charge in [0.15, 0.2) is 0 Å². The molecule has 0 aromatic heterocycles. The fourth-order valence-electron chi connectivity index (χ4n) is 1.20. The van der Waals surface area contributed by atoms with Gasteiger partial charge in [-0.15, -0.1) is 0 Å². The Hall–Kier alpha value is 3.41. The van der Waals surface area contributed by atoms with Crippen LogP contribution >= 0.6 is 0 Å². The van der Waals surface area contributed by atoms with Crippen molar-refractivity contribution < 1.29 is 119 Å². The molecule has 0 spiro atoms. The van der Waals surface area contributed by atoms with E-state index in [1.165, 1.54) is 0 Å². The maximum absolute atomic E-state index is 5.69. The summed E-state index contributed by atoms with van der Waals surface area (Å²) in [6, 6.07) is 0. The second-order valence-electron chi connectivity index (χ2n) is 3.58. The van der Waals surface area contributed by atoms with E-state index in [0.29, 0.717) is 19.8 Å². The first-order chi connectivity index (χ1) is 7.24. The summed E-state index contributed by atoms with van der Waals surface area (Å²) in [5, 5.41) is 0. The van der Waals surface area contributed by atoms with Gasteiger partial charge in [-0.1, -0.05) is 27.7 Å². The molecule has 19 heavy (non-hydrogen) atoms. The van der Waals surface area contributed by atoms with Crippen LogP contribution in [0.15, 0.2) is 0 Å². The number of rotatable bonds is 10. The van der Waals surface area contributed by atoms with E-state index >= 15 is 0 Å². The molecule has 0 saturated heterocycles. The third kappa shape index (κ3) is 17.6. The van der Waals surface area contributed by atoms with Crippen LogP contribution in [0.3, 0.4) is 0 Å². The Morgan fingerprint density at radius 2 is 0.842 bits per heavy atom. The smallest absolute Gasteiger partial charge is 0.282 e.